The minimum atomic E-state index is -4.67. The van der Waals surface area contributed by atoms with Crippen LogP contribution in [-0.2, 0) is 10.4 Å². The predicted octanol–water partition coefficient (Wildman–Crippen LogP) is 0.0761. The van der Waals surface area contributed by atoms with Crippen molar-refractivity contribution in [3.63, 3.8) is 0 Å². The van der Waals surface area contributed by atoms with Crippen LogP contribution in [0.3, 0.4) is 0 Å². The van der Waals surface area contributed by atoms with Crippen LogP contribution in [0.5, 0.6) is 5.75 Å². The average Bonchev–Trinajstić information content (AvgIpc) is 2.27. The van der Waals surface area contributed by atoms with Gasteiger partial charge in [0.25, 0.3) is 0 Å². The molecule has 0 aliphatic heterocycles. The summed E-state index contributed by atoms with van der Waals surface area (Å²) in [6.07, 6.45) is 0.812. The second-order valence-electron chi connectivity index (χ2n) is 3.27. The minimum Gasteiger partial charge on any atom is -0.494 e. The summed E-state index contributed by atoms with van der Waals surface area (Å²) in [6.45, 7) is 1.23. The standard InChI is InChI=1S/C10H15N3O.H2O4S/c11-10(12)13-7-4-8-14-9-5-2-1-3-6-9;1-5(2,3)4/h1-3,5-6H,4,7-8H2,(H4,11,12,13);(H2,1,2,3,4). The number of guanidine groups is 1. The summed E-state index contributed by atoms with van der Waals surface area (Å²) in [4.78, 5) is 3.85. The third-order valence-electron chi connectivity index (χ3n) is 1.61. The van der Waals surface area contributed by atoms with Crippen LogP contribution in [-0.4, -0.2) is 36.6 Å². The summed E-state index contributed by atoms with van der Waals surface area (Å²) in [7, 11) is -4.67. The van der Waals surface area contributed by atoms with E-state index in [1.807, 2.05) is 30.3 Å². The van der Waals surface area contributed by atoms with E-state index in [1.165, 1.54) is 0 Å². The van der Waals surface area contributed by atoms with Gasteiger partial charge in [-0.3, -0.25) is 14.1 Å². The summed E-state index contributed by atoms with van der Waals surface area (Å²) >= 11 is 0. The van der Waals surface area contributed by atoms with Crippen molar-refractivity contribution in [3.05, 3.63) is 30.3 Å². The van der Waals surface area contributed by atoms with E-state index in [1.54, 1.807) is 0 Å². The van der Waals surface area contributed by atoms with Gasteiger partial charge in [-0.2, -0.15) is 8.42 Å². The maximum atomic E-state index is 8.74. The molecular weight excluding hydrogens is 274 g/mol. The number of hydrogen-bond acceptors (Lipinski definition) is 4. The molecule has 0 spiro atoms. The fraction of sp³-hybridized carbons (Fsp3) is 0.300. The number of benzene rings is 1. The van der Waals surface area contributed by atoms with Gasteiger partial charge < -0.3 is 16.2 Å². The van der Waals surface area contributed by atoms with Gasteiger partial charge in [0, 0.05) is 13.0 Å². The van der Waals surface area contributed by atoms with Gasteiger partial charge in [0.1, 0.15) is 5.75 Å². The third-order valence-corrected chi connectivity index (χ3v) is 1.61. The topological polar surface area (TPSA) is 148 Å². The van der Waals surface area contributed by atoms with Crippen LogP contribution in [0.1, 0.15) is 6.42 Å². The lowest BCUT2D eigenvalue weighted by molar-refractivity contribution is 0.313. The van der Waals surface area contributed by atoms with Crippen molar-refractivity contribution in [2.24, 2.45) is 16.5 Å². The molecule has 0 aliphatic rings. The molecule has 0 atom stereocenters. The molecule has 0 saturated heterocycles. The number of nitrogens with two attached hydrogens (primary N) is 2. The van der Waals surface area contributed by atoms with E-state index in [9.17, 15) is 0 Å². The molecule has 1 rings (SSSR count). The fourth-order valence-electron chi connectivity index (χ4n) is 0.979. The van der Waals surface area contributed by atoms with Crippen molar-refractivity contribution in [1.82, 2.24) is 0 Å². The van der Waals surface area contributed by atoms with Gasteiger partial charge in [0.2, 0.25) is 0 Å². The molecule has 0 saturated carbocycles. The second kappa shape index (κ2) is 9.14. The van der Waals surface area contributed by atoms with Gasteiger partial charge in [-0.05, 0) is 12.1 Å². The first-order valence-corrected chi connectivity index (χ1v) is 6.62. The molecule has 108 valence electrons. The van der Waals surface area contributed by atoms with Crippen molar-refractivity contribution in [2.45, 2.75) is 6.42 Å². The predicted molar refractivity (Wildman–Crippen MR) is 71.4 cm³/mol. The lowest BCUT2D eigenvalue weighted by Gasteiger charge is -2.03. The van der Waals surface area contributed by atoms with E-state index in [2.05, 4.69) is 4.99 Å². The molecule has 0 radical (unpaired) electrons. The van der Waals surface area contributed by atoms with Gasteiger partial charge in [-0.15, -0.1) is 0 Å². The van der Waals surface area contributed by atoms with Crippen molar-refractivity contribution >= 4 is 16.4 Å². The highest BCUT2D eigenvalue weighted by molar-refractivity contribution is 7.79. The number of nitrogens with zero attached hydrogens (tertiary/aromatic N) is 1. The monoisotopic (exact) mass is 291 g/mol. The largest absolute Gasteiger partial charge is 0.494 e. The summed E-state index contributed by atoms with van der Waals surface area (Å²) in [5.74, 6) is 1.00. The Hall–Kier alpha value is -1.84. The lowest BCUT2D eigenvalue weighted by Crippen LogP contribution is -2.23. The average molecular weight is 291 g/mol. The summed E-state index contributed by atoms with van der Waals surface area (Å²) < 4.78 is 37.0. The molecule has 1 aromatic rings. The number of rotatable bonds is 5. The van der Waals surface area contributed by atoms with Crippen LogP contribution in [0.2, 0.25) is 0 Å². The summed E-state index contributed by atoms with van der Waals surface area (Å²) in [5.41, 5.74) is 10.3. The number of aliphatic imine (C=N–C) groups is 1. The van der Waals surface area contributed by atoms with Crippen LogP contribution in [0.15, 0.2) is 35.3 Å². The zero-order chi connectivity index (χ0) is 14.7. The molecular formula is C10H17N3O5S. The van der Waals surface area contributed by atoms with E-state index in [0.717, 1.165) is 12.2 Å². The smallest absolute Gasteiger partial charge is 0.394 e. The molecule has 0 bridgehead atoms. The Kier molecular flexibility index (Phi) is 8.25. The molecule has 0 amide bonds. The Morgan fingerprint density at radius 3 is 2.21 bits per heavy atom. The zero-order valence-corrected chi connectivity index (χ0v) is 11.0. The summed E-state index contributed by atoms with van der Waals surface area (Å²) in [5, 5.41) is 0. The lowest BCUT2D eigenvalue weighted by atomic mass is 10.3. The van der Waals surface area contributed by atoms with E-state index in [-0.39, 0.29) is 5.96 Å². The molecule has 6 N–H and O–H groups in total. The number of para-hydroxylation sites is 1. The highest BCUT2D eigenvalue weighted by atomic mass is 32.3. The molecule has 0 fully saturated rings. The van der Waals surface area contributed by atoms with Crippen molar-refractivity contribution in [2.75, 3.05) is 13.2 Å². The van der Waals surface area contributed by atoms with E-state index in [0.29, 0.717) is 13.2 Å². The molecule has 0 aliphatic carbocycles. The Labute approximate surface area is 111 Å². The van der Waals surface area contributed by atoms with Gasteiger partial charge in [0.15, 0.2) is 5.96 Å². The summed E-state index contributed by atoms with van der Waals surface area (Å²) in [6, 6.07) is 9.66. The van der Waals surface area contributed by atoms with Crippen molar-refractivity contribution in [3.8, 4) is 5.75 Å². The quantitative estimate of drug-likeness (QED) is 0.260. The molecule has 9 heteroatoms. The molecule has 0 aromatic heterocycles. The first kappa shape index (κ1) is 17.2. The van der Waals surface area contributed by atoms with E-state index < -0.39 is 10.4 Å². The second-order valence-corrected chi connectivity index (χ2v) is 4.17. The Balaban J connectivity index is 0.000000555. The van der Waals surface area contributed by atoms with Gasteiger partial charge >= 0.3 is 10.4 Å². The minimum absolute atomic E-state index is 0.129. The molecule has 0 unspecified atom stereocenters. The van der Waals surface area contributed by atoms with Crippen molar-refractivity contribution in [1.29, 1.82) is 0 Å². The SMILES string of the molecule is NC(N)=NCCCOc1ccccc1.O=S(=O)(O)O. The Morgan fingerprint density at radius 2 is 1.74 bits per heavy atom. The first-order valence-electron chi connectivity index (χ1n) is 5.22. The molecule has 0 heterocycles. The molecule has 19 heavy (non-hydrogen) atoms. The van der Waals surface area contributed by atoms with Crippen LogP contribution in [0.4, 0.5) is 0 Å². The van der Waals surface area contributed by atoms with Gasteiger partial charge in [-0.1, -0.05) is 18.2 Å². The van der Waals surface area contributed by atoms with E-state index in [4.69, 9.17) is 33.7 Å². The van der Waals surface area contributed by atoms with E-state index >= 15 is 0 Å². The van der Waals surface area contributed by atoms with Crippen molar-refractivity contribution < 1.29 is 22.3 Å². The normalized spacial score (nSPS) is 10.0. The number of ether oxygens (including phenoxy) is 1. The van der Waals surface area contributed by atoms with Crippen LogP contribution in [0, 0.1) is 0 Å². The van der Waals surface area contributed by atoms with Crippen LogP contribution >= 0.6 is 0 Å². The third kappa shape index (κ3) is 16.2. The van der Waals surface area contributed by atoms with Gasteiger partial charge in [0.05, 0.1) is 6.61 Å². The fourth-order valence-corrected chi connectivity index (χ4v) is 0.979. The first-order chi connectivity index (χ1) is 8.79. The maximum absolute atomic E-state index is 8.74. The zero-order valence-electron chi connectivity index (χ0n) is 10.1. The highest BCUT2D eigenvalue weighted by Gasteiger charge is 1.90. The molecule has 1 aromatic carbocycles. The van der Waals surface area contributed by atoms with Crippen LogP contribution in [0.25, 0.3) is 0 Å². The molecule has 8 nitrogen and oxygen atoms in total. The van der Waals surface area contributed by atoms with Gasteiger partial charge in [-0.25, -0.2) is 0 Å². The highest BCUT2D eigenvalue weighted by Crippen LogP contribution is 2.08. The van der Waals surface area contributed by atoms with Crippen LogP contribution < -0.4 is 16.2 Å². The Bertz CT molecular complexity index is 463. The Morgan fingerprint density at radius 1 is 1.21 bits per heavy atom. The maximum Gasteiger partial charge on any atom is 0.394 e. The number of hydrogen-bond donors (Lipinski definition) is 4.